The van der Waals surface area contributed by atoms with E-state index in [1.54, 1.807) is 4.68 Å². The van der Waals surface area contributed by atoms with Gasteiger partial charge in [-0.05, 0) is 37.5 Å². The van der Waals surface area contributed by atoms with E-state index in [4.69, 9.17) is 0 Å². The molecule has 0 bridgehead atoms. The van der Waals surface area contributed by atoms with E-state index >= 15 is 0 Å². The fraction of sp³-hybridized carbons (Fsp3) is 0.400. The summed E-state index contributed by atoms with van der Waals surface area (Å²) in [7, 11) is 0. The van der Waals surface area contributed by atoms with Gasteiger partial charge in [-0.2, -0.15) is 5.10 Å². The van der Waals surface area contributed by atoms with Gasteiger partial charge < -0.3 is 0 Å². The predicted molar refractivity (Wildman–Crippen MR) is 74.3 cm³/mol. The molecule has 0 radical (unpaired) electrons. The summed E-state index contributed by atoms with van der Waals surface area (Å²) in [4.78, 5) is 16.4. The Bertz CT molecular complexity index is 587. The minimum atomic E-state index is 0.0912. The van der Waals surface area contributed by atoms with Gasteiger partial charge in [0.2, 0.25) is 0 Å². The number of benzene rings is 1. The van der Waals surface area contributed by atoms with Gasteiger partial charge in [0, 0.05) is 12.1 Å². The first kappa shape index (κ1) is 13.5. The van der Waals surface area contributed by atoms with Gasteiger partial charge >= 0.3 is 0 Å². The van der Waals surface area contributed by atoms with E-state index < -0.39 is 0 Å². The van der Waals surface area contributed by atoms with Crippen molar-refractivity contribution in [3.8, 4) is 0 Å². The molecule has 0 unspecified atom stereocenters. The zero-order valence-corrected chi connectivity index (χ0v) is 11.7. The third-order valence-electron chi connectivity index (χ3n) is 3.28. The molecule has 1 aromatic heterocycles. The average Bonchev–Trinajstić information content (AvgIpc) is 2.80. The van der Waals surface area contributed by atoms with Crippen LogP contribution in [-0.2, 0) is 13.0 Å². The van der Waals surface area contributed by atoms with Gasteiger partial charge in [-0.25, -0.2) is 9.67 Å². The lowest BCUT2D eigenvalue weighted by Gasteiger charge is -2.06. The largest absolute Gasteiger partial charge is 0.294 e. The number of aryl methyl sites for hydroxylation is 3. The van der Waals surface area contributed by atoms with Crippen LogP contribution in [0, 0.1) is 13.8 Å². The topological polar surface area (TPSA) is 47.8 Å². The number of hydrogen-bond donors (Lipinski definition) is 0. The minimum Gasteiger partial charge on any atom is -0.294 e. The molecule has 0 amide bonds. The van der Waals surface area contributed by atoms with Crippen LogP contribution >= 0.6 is 0 Å². The Morgan fingerprint density at radius 3 is 2.74 bits per heavy atom. The van der Waals surface area contributed by atoms with Gasteiger partial charge in [-0.15, -0.1) is 0 Å². The molecule has 2 rings (SSSR count). The van der Waals surface area contributed by atoms with Gasteiger partial charge in [-0.3, -0.25) is 4.79 Å². The van der Waals surface area contributed by atoms with Crippen LogP contribution < -0.4 is 0 Å². The standard InChI is InChI=1S/C15H19N3O/c1-4-7-18-15(16-10-17-18)9-14(19)13-6-5-11(2)12(3)8-13/h5-6,8,10H,4,7,9H2,1-3H3. The van der Waals surface area contributed by atoms with Crippen molar-refractivity contribution in [2.45, 2.75) is 40.2 Å². The number of ketones is 1. The Labute approximate surface area is 113 Å². The van der Waals surface area contributed by atoms with E-state index in [9.17, 15) is 4.79 Å². The lowest BCUT2D eigenvalue weighted by Crippen LogP contribution is -2.11. The van der Waals surface area contributed by atoms with Gasteiger partial charge in [0.15, 0.2) is 5.78 Å². The molecule has 0 spiro atoms. The van der Waals surface area contributed by atoms with Crippen LogP contribution in [0.25, 0.3) is 0 Å². The molecule has 4 heteroatoms. The molecule has 0 aliphatic heterocycles. The van der Waals surface area contributed by atoms with Crippen molar-refractivity contribution in [1.82, 2.24) is 14.8 Å². The number of carbonyl (C=O) groups excluding carboxylic acids is 1. The van der Waals surface area contributed by atoms with Crippen molar-refractivity contribution in [2.75, 3.05) is 0 Å². The normalized spacial score (nSPS) is 10.7. The zero-order chi connectivity index (χ0) is 13.8. The number of rotatable bonds is 5. The Hall–Kier alpha value is -1.97. The highest BCUT2D eigenvalue weighted by Gasteiger charge is 2.12. The summed E-state index contributed by atoms with van der Waals surface area (Å²) in [5, 5.41) is 4.14. The van der Waals surface area contributed by atoms with Crippen LogP contribution in [0.2, 0.25) is 0 Å². The number of hydrogen-bond acceptors (Lipinski definition) is 3. The predicted octanol–water partition coefficient (Wildman–Crippen LogP) is 2.73. The second kappa shape index (κ2) is 5.78. The average molecular weight is 257 g/mol. The summed E-state index contributed by atoms with van der Waals surface area (Å²) >= 11 is 0. The van der Waals surface area contributed by atoms with Gasteiger partial charge in [-0.1, -0.05) is 19.1 Å². The third-order valence-corrected chi connectivity index (χ3v) is 3.28. The fourth-order valence-corrected chi connectivity index (χ4v) is 1.98. The molecule has 4 nitrogen and oxygen atoms in total. The Morgan fingerprint density at radius 2 is 2.05 bits per heavy atom. The molecule has 100 valence electrons. The van der Waals surface area contributed by atoms with Crippen molar-refractivity contribution >= 4 is 5.78 Å². The van der Waals surface area contributed by atoms with E-state index in [0.717, 1.165) is 29.9 Å². The quantitative estimate of drug-likeness (QED) is 0.774. The summed E-state index contributed by atoms with van der Waals surface area (Å²) in [5.41, 5.74) is 3.08. The molecule has 19 heavy (non-hydrogen) atoms. The summed E-state index contributed by atoms with van der Waals surface area (Å²) in [6, 6.07) is 5.81. The molecule has 0 aliphatic carbocycles. The molecule has 0 atom stereocenters. The van der Waals surface area contributed by atoms with Gasteiger partial charge in [0.05, 0.1) is 6.42 Å². The van der Waals surface area contributed by atoms with E-state index in [2.05, 4.69) is 17.0 Å². The fourth-order valence-electron chi connectivity index (χ4n) is 1.98. The molecule has 0 fully saturated rings. The van der Waals surface area contributed by atoms with Crippen molar-refractivity contribution in [2.24, 2.45) is 0 Å². The van der Waals surface area contributed by atoms with Crippen LogP contribution in [0.4, 0.5) is 0 Å². The molecule has 0 saturated carbocycles. The summed E-state index contributed by atoms with van der Waals surface area (Å²) in [5.74, 6) is 0.832. The molecule has 0 saturated heterocycles. The summed E-state index contributed by atoms with van der Waals surface area (Å²) < 4.78 is 1.80. The molecule has 2 aromatic rings. The molecule has 0 N–H and O–H groups in total. The number of nitrogens with zero attached hydrogens (tertiary/aromatic N) is 3. The van der Waals surface area contributed by atoms with Crippen LogP contribution in [0.5, 0.6) is 0 Å². The first-order valence-corrected chi connectivity index (χ1v) is 6.59. The smallest absolute Gasteiger partial charge is 0.170 e. The van der Waals surface area contributed by atoms with Crippen molar-refractivity contribution < 1.29 is 4.79 Å². The van der Waals surface area contributed by atoms with Gasteiger partial charge in [0.25, 0.3) is 0 Å². The zero-order valence-electron chi connectivity index (χ0n) is 11.7. The second-order valence-corrected chi connectivity index (χ2v) is 4.80. The Balaban J connectivity index is 2.16. The van der Waals surface area contributed by atoms with Crippen LogP contribution in [0.15, 0.2) is 24.5 Å². The Kier molecular flexibility index (Phi) is 4.10. The summed E-state index contributed by atoms with van der Waals surface area (Å²) in [6.45, 7) is 6.94. The molecular formula is C15H19N3O. The van der Waals surface area contributed by atoms with Crippen molar-refractivity contribution in [3.05, 3.63) is 47.0 Å². The first-order chi connectivity index (χ1) is 9.11. The SMILES string of the molecule is CCCn1ncnc1CC(=O)c1ccc(C)c(C)c1. The first-order valence-electron chi connectivity index (χ1n) is 6.59. The molecule has 0 aliphatic rings. The highest BCUT2D eigenvalue weighted by Crippen LogP contribution is 2.12. The van der Waals surface area contributed by atoms with E-state index in [1.807, 2.05) is 32.0 Å². The molecule has 1 heterocycles. The number of carbonyl (C=O) groups is 1. The summed E-state index contributed by atoms with van der Waals surface area (Å²) in [6.07, 6.45) is 2.80. The van der Waals surface area contributed by atoms with Gasteiger partial charge in [0.1, 0.15) is 12.2 Å². The van der Waals surface area contributed by atoms with E-state index in [0.29, 0.717) is 6.42 Å². The van der Waals surface area contributed by atoms with Crippen molar-refractivity contribution in [3.63, 3.8) is 0 Å². The number of Topliss-reactive ketones (excluding diaryl/α,β-unsaturated/α-hetero) is 1. The minimum absolute atomic E-state index is 0.0912. The second-order valence-electron chi connectivity index (χ2n) is 4.80. The van der Waals surface area contributed by atoms with Crippen molar-refractivity contribution in [1.29, 1.82) is 0 Å². The molecule has 1 aromatic carbocycles. The Morgan fingerprint density at radius 1 is 1.26 bits per heavy atom. The highest BCUT2D eigenvalue weighted by atomic mass is 16.1. The van der Waals surface area contributed by atoms with Crippen LogP contribution in [0.3, 0.4) is 0 Å². The third kappa shape index (κ3) is 3.08. The lowest BCUT2D eigenvalue weighted by atomic mass is 10.0. The highest BCUT2D eigenvalue weighted by molar-refractivity contribution is 5.97. The van der Waals surface area contributed by atoms with E-state index in [1.165, 1.54) is 11.9 Å². The lowest BCUT2D eigenvalue weighted by molar-refractivity contribution is 0.0989. The van der Waals surface area contributed by atoms with Crippen LogP contribution in [-0.4, -0.2) is 20.5 Å². The maximum absolute atomic E-state index is 12.3. The number of aromatic nitrogens is 3. The maximum Gasteiger partial charge on any atom is 0.170 e. The maximum atomic E-state index is 12.3. The van der Waals surface area contributed by atoms with E-state index in [-0.39, 0.29) is 5.78 Å². The monoisotopic (exact) mass is 257 g/mol. The molecular weight excluding hydrogens is 238 g/mol. The van der Waals surface area contributed by atoms with Crippen LogP contribution in [0.1, 0.15) is 40.7 Å².